The van der Waals surface area contributed by atoms with Crippen molar-refractivity contribution in [3.63, 3.8) is 0 Å². The second kappa shape index (κ2) is 7.61. The average molecular weight is 421 g/mol. The van der Waals surface area contributed by atoms with Crippen molar-refractivity contribution in [3.8, 4) is 11.5 Å². The van der Waals surface area contributed by atoms with E-state index in [2.05, 4.69) is 15.1 Å². The highest BCUT2D eigenvalue weighted by molar-refractivity contribution is 6.31. The highest BCUT2D eigenvalue weighted by atomic mass is 35.5. The van der Waals surface area contributed by atoms with Crippen LogP contribution in [-0.2, 0) is 0 Å². The lowest BCUT2D eigenvalue weighted by Gasteiger charge is -2.30. The van der Waals surface area contributed by atoms with Gasteiger partial charge in [-0.15, -0.1) is 0 Å². The lowest BCUT2D eigenvalue weighted by atomic mass is 9.96. The lowest BCUT2D eigenvalue weighted by molar-refractivity contribution is 0.0705. The number of amides is 1. The summed E-state index contributed by atoms with van der Waals surface area (Å²) in [6.45, 7) is 3.36. The quantitative estimate of drug-likeness (QED) is 0.494. The zero-order chi connectivity index (χ0) is 20.7. The Morgan fingerprint density at radius 3 is 2.80 bits per heavy atom. The van der Waals surface area contributed by atoms with E-state index in [1.54, 1.807) is 0 Å². The molecule has 7 heteroatoms. The predicted molar refractivity (Wildman–Crippen MR) is 116 cm³/mol. The number of hydrogen-bond donors (Lipinski definition) is 1. The third kappa shape index (κ3) is 3.59. The molecule has 1 saturated heterocycles. The predicted octanol–water partition coefficient (Wildman–Crippen LogP) is 5.20. The highest BCUT2D eigenvalue weighted by Crippen LogP contribution is 2.29. The summed E-state index contributed by atoms with van der Waals surface area (Å²) in [5.74, 6) is 1.47. The van der Waals surface area contributed by atoms with E-state index in [4.69, 9.17) is 16.1 Å². The fourth-order valence-corrected chi connectivity index (χ4v) is 4.21. The molecule has 1 aliphatic heterocycles. The molecule has 5 rings (SSSR count). The van der Waals surface area contributed by atoms with E-state index < -0.39 is 0 Å². The summed E-state index contributed by atoms with van der Waals surface area (Å²) < 4.78 is 5.49. The number of carbonyl (C=O) groups excluding carboxylic acids is 1. The van der Waals surface area contributed by atoms with Crippen molar-refractivity contribution in [2.45, 2.75) is 25.7 Å². The van der Waals surface area contributed by atoms with Gasteiger partial charge in [0.1, 0.15) is 5.69 Å². The largest absolute Gasteiger partial charge is 0.351 e. The maximum absolute atomic E-state index is 12.9. The Hall–Kier alpha value is -3.12. The normalized spacial score (nSPS) is 15.1. The van der Waals surface area contributed by atoms with Gasteiger partial charge in [0.2, 0.25) is 0 Å². The number of benzene rings is 2. The summed E-state index contributed by atoms with van der Waals surface area (Å²) in [6.07, 6.45) is 1.62. The van der Waals surface area contributed by atoms with E-state index in [0.717, 1.165) is 40.7 Å². The minimum absolute atomic E-state index is 0.00864. The van der Waals surface area contributed by atoms with Crippen LogP contribution in [0.25, 0.3) is 22.4 Å². The van der Waals surface area contributed by atoms with Gasteiger partial charge in [-0.05, 0) is 56.2 Å². The Morgan fingerprint density at radius 1 is 1.17 bits per heavy atom. The van der Waals surface area contributed by atoms with Crippen molar-refractivity contribution in [2.75, 3.05) is 13.1 Å². The monoisotopic (exact) mass is 420 g/mol. The van der Waals surface area contributed by atoms with Crippen molar-refractivity contribution < 1.29 is 9.32 Å². The van der Waals surface area contributed by atoms with Crippen LogP contribution >= 0.6 is 11.6 Å². The molecule has 4 aromatic rings. The lowest BCUT2D eigenvalue weighted by Crippen LogP contribution is -2.38. The summed E-state index contributed by atoms with van der Waals surface area (Å²) in [7, 11) is 0. The van der Waals surface area contributed by atoms with Gasteiger partial charge < -0.3 is 14.4 Å². The summed E-state index contributed by atoms with van der Waals surface area (Å²) in [5.41, 5.74) is 3.58. The van der Waals surface area contributed by atoms with Crippen molar-refractivity contribution in [2.24, 2.45) is 0 Å². The van der Waals surface area contributed by atoms with Gasteiger partial charge in [0.05, 0.1) is 0 Å². The maximum atomic E-state index is 12.9. The van der Waals surface area contributed by atoms with Gasteiger partial charge >= 0.3 is 0 Å². The first kappa shape index (κ1) is 18.9. The SMILES string of the molecule is Cc1cccc(-c2nc(C3CCN(C(=O)c4cc5cc(Cl)ccc5[nH]4)CC3)no2)c1. The molecule has 1 N–H and O–H groups in total. The molecule has 6 nitrogen and oxygen atoms in total. The number of nitrogens with zero attached hydrogens (tertiary/aromatic N) is 3. The minimum Gasteiger partial charge on any atom is -0.351 e. The van der Waals surface area contributed by atoms with E-state index >= 15 is 0 Å². The highest BCUT2D eigenvalue weighted by Gasteiger charge is 2.28. The van der Waals surface area contributed by atoms with Gasteiger partial charge in [-0.25, -0.2) is 0 Å². The Kier molecular flexibility index (Phi) is 4.79. The summed E-state index contributed by atoms with van der Waals surface area (Å²) >= 11 is 6.05. The molecule has 3 heterocycles. The molecule has 2 aromatic carbocycles. The van der Waals surface area contributed by atoms with Gasteiger partial charge in [-0.1, -0.05) is 34.5 Å². The second-order valence-electron chi connectivity index (χ2n) is 7.81. The number of carbonyl (C=O) groups is 1. The number of nitrogens with one attached hydrogen (secondary N) is 1. The molecule has 1 fully saturated rings. The molecule has 152 valence electrons. The topological polar surface area (TPSA) is 75.0 Å². The molecule has 0 saturated carbocycles. The molecule has 0 atom stereocenters. The molecule has 1 aliphatic rings. The Bertz CT molecular complexity index is 1220. The Balaban J connectivity index is 1.26. The number of halogens is 1. The van der Waals surface area contributed by atoms with Crippen LogP contribution in [-0.4, -0.2) is 39.0 Å². The number of hydrogen-bond acceptors (Lipinski definition) is 4. The van der Waals surface area contributed by atoms with E-state index in [0.29, 0.717) is 29.7 Å². The van der Waals surface area contributed by atoms with Crippen molar-refractivity contribution in [3.05, 3.63) is 70.6 Å². The Morgan fingerprint density at radius 2 is 2.00 bits per heavy atom. The second-order valence-corrected chi connectivity index (χ2v) is 8.24. The number of aryl methyl sites for hydroxylation is 1. The van der Waals surface area contributed by atoms with Gasteiger partial charge in [-0.2, -0.15) is 4.98 Å². The zero-order valence-electron chi connectivity index (χ0n) is 16.6. The van der Waals surface area contributed by atoms with Crippen LogP contribution in [0.4, 0.5) is 0 Å². The van der Waals surface area contributed by atoms with Crippen LogP contribution in [0, 0.1) is 6.92 Å². The van der Waals surface area contributed by atoms with Crippen molar-refractivity contribution >= 4 is 28.4 Å². The minimum atomic E-state index is 0.00864. The fraction of sp³-hybridized carbons (Fsp3) is 0.261. The standard InChI is InChI=1S/C23H21ClN4O2/c1-14-3-2-4-16(11-14)22-26-21(27-30-22)15-7-9-28(10-8-15)23(29)20-13-17-12-18(24)5-6-19(17)25-20/h2-6,11-13,15,25H,7-10H2,1H3. The molecule has 1 amide bonds. The first-order chi connectivity index (χ1) is 14.6. The number of fused-ring (bicyclic) bond motifs is 1. The van der Waals surface area contributed by atoms with E-state index in [1.165, 1.54) is 0 Å². The molecule has 0 unspecified atom stereocenters. The fourth-order valence-electron chi connectivity index (χ4n) is 4.03. The molecule has 0 aliphatic carbocycles. The first-order valence-electron chi connectivity index (χ1n) is 10.0. The Labute approximate surface area is 178 Å². The van der Waals surface area contributed by atoms with Crippen molar-refractivity contribution in [1.29, 1.82) is 0 Å². The molecular formula is C23H21ClN4O2. The molecule has 0 spiro atoms. The number of H-pyrrole nitrogens is 1. The zero-order valence-corrected chi connectivity index (χ0v) is 17.3. The summed E-state index contributed by atoms with van der Waals surface area (Å²) in [6, 6.07) is 15.5. The van der Waals surface area contributed by atoms with Crippen LogP contribution in [0.3, 0.4) is 0 Å². The first-order valence-corrected chi connectivity index (χ1v) is 10.4. The number of aromatic nitrogens is 3. The average Bonchev–Trinajstić information content (AvgIpc) is 3.40. The van der Waals surface area contributed by atoms with Crippen LogP contribution < -0.4 is 0 Å². The van der Waals surface area contributed by atoms with E-state index in [1.807, 2.05) is 60.4 Å². The van der Waals surface area contributed by atoms with Gasteiger partial charge in [0.15, 0.2) is 5.82 Å². The number of piperidine rings is 1. The maximum Gasteiger partial charge on any atom is 0.270 e. The number of rotatable bonds is 3. The molecular weight excluding hydrogens is 400 g/mol. The number of aromatic amines is 1. The molecule has 0 radical (unpaired) electrons. The van der Waals surface area contributed by atoms with Crippen LogP contribution in [0.15, 0.2) is 53.1 Å². The van der Waals surface area contributed by atoms with Gasteiger partial charge in [0.25, 0.3) is 11.8 Å². The van der Waals surface area contributed by atoms with Gasteiger partial charge in [0, 0.05) is 40.5 Å². The van der Waals surface area contributed by atoms with Crippen LogP contribution in [0.5, 0.6) is 0 Å². The van der Waals surface area contributed by atoms with Crippen LogP contribution in [0.1, 0.15) is 40.6 Å². The summed E-state index contributed by atoms with van der Waals surface area (Å²) in [5, 5.41) is 5.80. The van der Waals surface area contributed by atoms with E-state index in [-0.39, 0.29) is 11.8 Å². The van der Waals surface area contributed by atoms with Crippen LogP contribution in [0.2, 0.25) is 5.02 Å². The smallest absolute Gasteiger partial charge is 0.270 e. The third-order valence-corrected chi connectivity index (χ3v) is 5.90. The summed E-state index contributed by atoms with van der Waals surface area (Å²) in [4.78, 5) is 22.6. The molecule has 30 heavy (non-hydrogen) atoms. The van der Waals surface area contributed by atoms with E-state index in [9.17, 15) is 4.79 Å². The van der Waals surface area contributed by atoms with Crippen molar-refractivity contribution in [1.82, 2.24) is 20.0 Å². The third-order valence-electron chi connectivity index (χ3n) is 5.67. The number of likely N-dealkylation sites (tertiary alicyclic amines) is 1. The molecule has 2 aromatic heterocycles. The van der Waals surface area contributed by atoms with Gasteiger partial charge in [-0.3, -0.25) is 4.79 Å². The molecule has 0 bridgehead atoms.